The summed E-state index contributed by atoms with van der Waals surface area (Å²) < 4.78 is 0. The summed E-state index contributed by atoms with van der Waals surface area (Å²) in [7, 11) is 0. The highest BCUT2D eigenvalue weighted by molar-refractivity contribution is 5.62. The van der Waals surface area contributed by atoms with Crippen molar-refractivity contribution in [2.45, 2.75) is 19.4 Å². The van der Waals surface area contributed by atoms with Crippen LogP contribution in [-0.2, 0) is 6.54 Å². The standard InChI is InChI=1S/C17H22N4/c1-2-4-14(5-3-1)16-15(10-19-20-16)11-21-9-7-17(13-21)6-8-18-12-17/h1-5,10,18H,6-9,11-13H2,(H,19,20). The molecule has 2 saturated heterocycles. The summed E-state index contributed by atoms with van der Waals surface area (Å²) >= 11 is 0. The fourth-order valence-electron chi connectivity index (χ4n) is 3.83. The Morgan fingerprint density at radius 3 is 2.90 bits per heavy atom. The molecule has 2 aliphatic heterocycles. The minimum Gasteiger partial charge on any atom is -0.316 e. The van der Waals surface area contributed by atoms with E-state index in [4.69, 9.17) is 0 Å². The Morgan fingerprint density at radius 2 is 2.10 bits per heavy atom. The van der Waals surface area contributed by atoms with Crippen molar-refractivity contribution in [1.82, 2.24) is 20.4 Å². The smallest absolute Gasteiger partial charge is 0.0695 e. The van der Waals surface area contributed by atoms with Crippen LogP contribution in [0, 0.1) is 5.41 Å². The Balaban J connectivity index is 1.50. The fourth-order valence-corrected chi connectivity index (χ4v) is 3.83. The maximum atomic E-state index is 4.27. The molecule has 1 atom stereocenters. The molecule has 1 aromatic heterocycles. The third-order valence-electron chi connectivity index (χ3n) is 5.02. The highest BCUT2D eigenvalue weighted by Gasteiger charge is 2.40. The molecule has 0 bridgehead atoms. The van der Waals surface area contributed by atoms with Crippen LogP contribution in [0.4, 0.5) is 0 Å². The summed E-state index contributed by atoms with van der Waals surface area (Å²) in [6.45, 7) is 5.82. The minimum absolute atomic E-state index is 0.538. The molecule has 0 radical (unpaired) electrons. The second kappa shape index (κ2) is 5.28. The number of benzene rings is 1. The molecule has 2 aliphatic rings. The van der Waals surface area contributed by atoms with Crippen LogP contribution in [0.5, 0.6) is 0 Å². The van der Waals surface area contributed by atoms with Gasteiger partial charge in [0.1, 0.15) is 0 Å². The van der Waals surface area contributed by atoms with Crippen LogP contribution in [-0.4, -0.2) is 41.3 Å². The maximum absolute atomic E-state index is 4.27. The minimum atomic E-state index is 0.538. The van der Waals surface area contributed by atoms with Crippen LogP contribution in [0.25, 0.3) is 11.3 Å². The Bertz CT molecular complexity index is 598. The summed E-state index contributed by atoms with van der Waals surface area (Å²) in [5.41, 5.74) is 4.24. The SMILES string of the molecule is c1ccc(-c2[nH]ncc2CN2CCC3(CCNC3)C2)cc1. The lowest BCUT2D eigenvalue weighted by Crippen LogP contribution is -2.28. The molecule has 4 heteroatoms. The van der Waals surface area contributed by atoms with Crippen molar-refractivity contribution in [3.63, 3.8) is 0 Å². The molecule has 1 unspecified atom stereocenters. The van der Waals surface area contributed by atoms with Gasteiger partial charge in [0.15, 0.2) is 0 Å². The maximum Gasteiger partial charge on any atom is 0.0695 e. The molecule has 1 aromatic carbocycles. The fraction of sp³-hybridized carbons (Fsp3) is 0.471. The lowest BCUT2D eigenvalue weighted by atomic mass is 9.86. The van der Waals surface area contributed by atoms with Crippen molar-refractivity contribution in [2.24, 2.45) is 5.41 Å². The summed E-state index contributed by atoms with van der Waals surface area (Å²) in [5, 5.41) is 11.0. The first-order valence-electron chi connectivity index (χ1n) is 7.85. The molecular weight excluding hydrogens is 260 g/mol. The highest BCUT2D eigenvalue weighted by Crippen LogP contribution is 2.37. The molecule has 110 valence electrons. The van der Waals surface area contributed by atoms with E-state index in [0.717, 1.165) is 6.54 Å². The number of aromatic amines is 1. The van der Waals surface area contributed by atoms with Crippen LogP contribution < -0.4 is 5.32 Å². The van der Waals surface area contributed by atoms with E-state index in [1.165, 1.54) is 55.8 Å². The lowest BCUT2D eigenvalue weighted by Gasteiger charge is -2.22. The molecule has 2 fully saturated rings. The van der Waals surface area contributed by atoms with Gasteiger partial charge in [-0.2, -0.15) is 5.10 Å². The number of hydrogen-bond donors (Lipinski definition) is 2. The second-order valence-electron chi connectivity index (χ2n) is 6.52. The van der Waals surface area contributed by atoms with Gasteiger partial charge < -0.3 is 5.32 Å². The number of likely N-dealkylation sites (tertiary alicyclic amines) is 1. The topological polar surface area (TPSA) is 44.0 Å². The van der Waals surface area contributed by atoms with E-state index in [2.05, 4.69) is 50.7 Å². The zero-order valence-electron chi connectivity index (χ0n) is 12.3. The molecule has 3 heterocycles. The van der Waals surface area contributed by atoms with Crippen molar-refractivity contribution in [1.29, 1.82) is 0 Å². The van der Waals surface area contributed by atoms with Gasteiger partial charge in [-0.15, -0.1) is 0 Å². The van der Waals surface area contributed by atoms with E-state index in [1.54, 1.807) is 0 Å². The number of nitrogens with zero attached hydrogens (tertiary/aromatic N) is 2. The molecule has 21 heavy (non-hydrogen) atoms. The molecule has 1 spiro atoms. The molecule has 0 amide bonds. The van der Waals surface area contributed by atoms with E-state index >= 15 is 0 Å². The number of aromatic nitrogens is 2. The van der Waals surface area contributed by atoms with Gasteiger partial charge in [0.05, 0.1) is 11.9 Å². The largest absolute Gasteiger partial charge is 0.316 e. The average molecular weight is 282 g/mol. The van der Waals surface area contributed by atoms with Gasteiger partial charge in [-0.1, -0.05) is 30.3 Å². The van der Waals surface area contributed by atoms with E-state index in [9.17, 15) is 0 Å². The van der Waals surface area contributed by atoms with Gasteiger partial charge in [0, 0.05) is 25.2 Å². The third-order valence-corrected chi connectivity index (χ3v) is 5.02. The van der Waals surface area contributed by atoms with Gasteiger partial charge in [-0.25, -0.2) is 0 Å². The van der Waals surface area contributed by atoms with Crippen LogP contribution in [0.1, 0.15) is 18.4 Å². The molecular formula is C17H22N4. The highest BCUT2D eigenvalue weighted by atomic mass is 15.2. The predicted octanol–water partition coefficient (Wildman–Crippen LogP) is 2.26. The monoisotopic (exact) mass is 282 g/mol. The van der Waals surface area contributed by atoms with Gasteiger partial charge in [0.25, 0.3) is 0 Å². The Morgan fingerprint density at radius 1 is 1.19 bits per heavy atom. The van der Waals surface area contributed by atoms with Crippen molar-refractivity contribution in [3.05, 3.63) is 42.1 Å². The normalized spacial score (nSPS) is 25.9. The number of nitrogens with one attached hydrogen (secondary N) is 2. The van der Waals surface area contributed by atoms with Crippen molar-refractivity contribution in [3.8, 4) is 11.3 Å². The predicted molar refractivity (Wildman–Crippen MR) is 83.8 cm³/mol. The van der Waals surface area contributed by atoms with Crippen molar-refractivity contribution < 1.29 is 0 Å². The average Bonchev–Trinajstić information content (AvgIpc) is 3.24. The first kappa shape index (κ1) is 13.0. The number of hydrogen-bond acceptors (Lipinski definition) is 3. The van der Waals surface area contributed by atoms with Crippen molar-refractivity contribution in [2.75, 3.05) is 26.2 Å². The Kier molecular flexibility index (Phi) is 3.28. The van der Waals surface area contributed by atoms with Gasteiger partial charge in [-0.3, -0.25) is 10.00 Å². The molecule has 0 saturated carbocycles. The van der Waals surface area contributed by atoms with E-state index < -0.39 is 0 Å². The molecule has 2 N–H and O–H groups in total. The summed E-state index contributed by atoms with van der Waals surface area (Å²) in [5.74, 6) is 0. The first-order chi connectivity index (χ1) is 10.3. The van der Waals surface area contributed by atoms with Crippen LogP contribution in [0.2, 0.25) is 0 Å². The van der Waals surface area contributed by atoms with Crippen molar-refractivity contribution >= 4 is 0 Å². The van der Waals surface area contributed by atoms with Gasteiger partial charge in [0.2, 0.25) is 0 Å². The van der Waals surface area contributed by atoms with Crippen LogP contribution >= 0.6 is 0 Å². The number of H-pyrrole nitrogens is 1. The summed E-state index contributed by atoms with van der Waals surface area (Å²) in [6, 6.07) is 10.5. The van der Waals surface area contributed by atoms with E-state index in [0.29, 0.717) is 5.41 Å². The lowest BCUT2D eigenvalue weighted by molar-refractivity contribution is 0.269. The molecule has 2 aromatic rings. The van der Waals surface area contributed by atoms with E-state index in [1.807, 2.05) is 6.20 Å². The Labute approximate surface area is 125 Å². The third kappa shape index (κ3) is 2.49. The van der Waals surface area contributed by atoms with Crippen LogP contribution in [0.15, 0.2) is 36.5 Å². The summed E-state index contributed by atoms with van der Waals surface area (Å²) in [4.78, 5) is 2.59. The molecule has 0 aliphatic carbocycles. The molecule has 4 nitrogen and oxygen atoms in total. The zero-order chi connectivity index (χ0) is 14.1. The van der Waals surface area contributed by atoms with Crippen LogP contribution in [0.3, 0.4) is 0 Å². The first-order valence-corrected chi connectivity index (χ1v) is 7.85. The zero-order valence-corrected chi connectivity index (χ0v) is 12.3. The van der Waals surface area contributed by atoms with Gasteiger partial charge >= 0.3 is 0 Å². The quantitative estimate of drug-likeness (QED) is 0.907. The Hall–Kier alpha value is -1.65. The number of rotatable bonds is 3. The second-order valence-corrected chi connectivity index (χ2v) is 6.52. The van der Waals surface area contributed by atoms with E-state index in [-0.39, 0.29) is 0 Å². The van der Waals surface area contributed by atoms with Gasteiger partial charge in [-0.05, 0) is 36.9 Å². The molecule has 4 rings (SSSR count). The summed E-state index contributed by atoms with van der Waals surface area (Å²) in [6.07, 6.45) is 4.65.